The number of hydrogen-bond acceptors (Lipinski definition) is 1. The predicted octanol–water partition coefficient (Wildman–Crippen LogP) is 4.23. The van der Waals surface area contributed by atoms with Crippen LogP contribution >= 0.6 is 0 Å². The Balaban J connectivity index is 2.16. The van der Waals surface area contributed by atoms with E-state index in [-0.39, 0.29) is 5.54 Å². The maximum Gasteiger partial charge on any atom is 0.0421 e. The molecule has 0 aliphatic heterocycles. The largest absolute Gasteiger partial charge is 0.321 e. The zero-order valence-corrected chi connectivity index (χ0v) is 12.1. The van der Waals surface area contributed by atoms with Crippen molar-refractivity contribution in [3.63, 3.8) is 0 Å². The predicted molar refractivity (Wildman–Crippen MR) is 82.2 cm³/mol. The second kappa shape index (κ2) is 5.58. The van der Waals surface area contributed by atoms with Gasteiger partial charge in [0.1, 0.15) is 0 Å². The van der Waals surface area contributed by atoms with Gasteiger partial charge < -0.3 is 5.73 Å². The molecule has 2 rings (SSSR count). The molecule has 2 N–H and O–H groups in total. The summed E-state index contributed by atoms with van der Waals surface area (Å²) in [5, 5.41) is 0. The lowest BCUT2D eigenvalue weighted by Crippen LogP contribution is -2.35. The molecule has 1 atom stereocenters. The van der Waals surface area contributed by atoms with E-state index in [2.05, 4.69) is 57.2 Å². The van der Waals surface area contributed by atoms with Gasteiger partial charge in [0, 0.05) is 5.54 Å². The Bertz CT molecular complexity index is 509. The van der Waals surface area contributed by atoms with E-state index in [9.17, 15) is 0 Å². The highest BCUT2D eigenvalue weighted by Gasteiger charge is 2.21. The third-order valence-electron chi connectivity index (χ3n) is 3.65. The summed E-state index contributed by atoms with van der Waals surface area (Å²) in [6.07, 6.45) is 0.857. The van der Waals surface area contributed by atoms with Crippen LogP contribution in [0.4, 0.5) is 0 Å². The van der Waals surface area contributed by atoms with Gasteiger partial charge >= 0.3 is 0 Å². The van der Waals surface area contributed by atoms with Gasteiger partial charge in [-0.25, -0.2) is 0 Å². The standard InChI is InChI=1S/C18H23N/c1-14(2)16-11-9-15(10-12-16)13-18(3,19)17-7-5-4-6-8-17/h4-12,14H,13,19H2,1-3H3. The molecule has 19 heavy (non-hydrogen) atoms. The third-order valence-corrected chi connectivity index (χ3v) is 3.65. The lowest BCUT2D eigenvalue weighted by Gasteiger charge is -2.25. The summed E-state index contributed by atoms with van der Waals surface area (Å²) >= 11 is 0. The monoisotopic (exact) mass is 253 g/mol. The molecule has 100 valence electrons. The molecule has 0 saturated carbocycles. The number of hydrogen-bond donors (Lipinski definition) is 1. The lowest BCUT2D eigenvalue weighted by atomic mass is 9.86. The second-order valence-corrected chi connectivity index (χ2v) is 5.86. The van der Waals surface area contributed by atoms with Crippen LogP contribution in [-0.2, 0) is 12.0 Å². The molecule has 0 spiro atoms. The SMILES string of the molecule is CC(C)c1ccc(CC(C)(N)c2ccccc2)cc1. The molecule has 0 amide bonds. The van der Waals surface area contributed by atoms with Crippen molar-refractivity contribution in [2.75, 3.05) is 0 Å². The molecule has 2 aromatic rings. The molecular weight excluding hydrogens is 230 g/mol. The summed E-state index contributed by atoms with van der Waals surface area (Å²) in [6, 6.07) is 19.1. The Morgan fingerprint density at radius 2 is 1.53 bits per heavy atom. The van der Waals surface area contributed by atoms with Gasteiger partial charge in [-0.1, -0.05) is 68.4 Å². The smallest absolute Gasteiger partial charge is 0.0421 e. The summed E-state index contributed by atoms with van der Waals surface area (Å²) < 4.78 is 0. The van der Waals surface area contributed by atoms with Crippen LogP contribution in [0.5, 0.6) is 0 Å². The molecule has 1 nitrogen and oxygen atoms in total. The number of nitrogens with two attached hydrogens (primary N) is 1. The van der Waals surface area contributed by atoms with Crippen molar-refractivity contribution in [3.05, 3.63) is 71.3 Å². The second-order valence-electron chi connectivity index (χ2n) is 5.86. The van der Waals surface area contributed by atoms with Crippen LogP contribution in [-0.4, -0.2) is 0 Å². The van der Waals surface area contributed by atoms with Crippen molar-refractivity contribution in [3.8, 4) is 0 Å². The average Bonchev–Trinajstić information content (AvgIpc) is 2.40. The number of benzene rings is 2. The maximum atomic E-state index is 6.47. The minimum absolute atomic E-state index is 0.319. The summed E-state index contributed by atoms with van der Waals surface area (Å²) in [7, 11) is 0. The van der Waals surface area contributed by atoms with E-state index in [4.69, 9.17) is 5.73 Å². The van der Waals surface area contributed by atoms with Gasteiger partial charge in [-0.2, -0.15) is 0 Å². The van der Waals surface area contributed by atoms with Crippen molar-refractivity contribution in [1.29, 1.82) is 0 Å². The van der Waals surface area contributed by atoms with Crippen LogP contribution in [0, 0.1) is 0 Å². The van der Waals surface area contributed by atoms with E-state index < -0.39 is 0 Å². The van der Waals surface area contributed by atoms with Gasteiger partial charge in [-0.15, -0.1) is 0 Å². The van der Waals surface area contributed by atoms with Gasteiger partial charge in [-0.3, -0.25) is 0 Å². The fraction of sp³-hybridized carbons (Fsp3) is 0.333. The van der Waals surface area contributed by atoms with Crippen LogP contribution in [0.25, 0.3) is 0 Å². The summed E-state index contributed by atoms with van der Waals surface area (Å²) in [5.74, 6) is 0.576. The normalized spacial score (nSPS) is 14.4. The fourth-order valence-corrected chi connectivity index (χ4v) is 2.37. The van der Waals surface area contributed by atoms with Crippen LogP contribution in [0.15, 0.2) is 54.6 Å². The number of rotatable bonds is 4. The highest BCUT2D eigenvalue weighted by molar-refractivity contribution is 5.30. The highest BCUT2D eigenvalue weighted by Crippen LogP contribution is 2.23. The molecule has 2 aromatic carbocycles. The van der Waals surface area contributed by atoms with Gasteiger partial charge in [0.05, 0.1) is 0 Å². The molecule has 0 aliphatic rings. The Morgan fingerprint density at radius 3 is 2.05 bits per heavy atom. The Labute approximate surface area is 116 Å². The van der Waals surface area contributed by atoms with E-state index in [1.807, 2.05) is 18.2 Å². The van der Waals surface area contributed by atoms with Crippen LogP contribution in [0.1, 0.15) is 43.4 Å². The third kappa shape index (κ3) is 3.45. The maximum absolute atomic E-state index is 6.47. The van der Waals surface area contributed by atoms with Gasteiger partial charge in [0.2, 0.25) is 0 Å². The first-order valence-electron chi connectivity index (χ1n) is 6.92. The summed E-state index contributed by atoms with van der Waals surface area (Å²) in [4.78, 5) is 0. The van der Waals surface area contributed by atoms with Crippen molar-refractivity contribution in [2.45, 2.75) is 38.6 Å². The summed E-state index contributed by atoms with van der Waals surface area (Å²) in [5.41, 5.74) is 10.00. The fourth-order valence-electron chi connectivity index (χ4n) is 2.37. The zero-order valence-electron chi connectivity index (χ0n) is 12.1. The lowest BCUT2D eigenvalue weighted by molar-refractivity contribution is 0.491. The average molecular weight is 253 g/mol. The molecule has 1 unspecified atom stereocenters. The van der Waals surface area contributed by atoms with E-state index in [0.717, 1.165) is 6.42 Å². The molecule has 0 radical (unpaired) electrons. The van der Waals surface area contributed by atoms with Crippen molar-refractivity contribution < 1.29 is 0 Å². The molecule has 1 heteroatoms. The van der Waals surface area contributed by atoms with E-state index >= 15 is 0 Å². The summed E-state index contributed by atoms with van der Waals surface area (Å²) in [6.45, 7) is 6.52. The van der Waals surface area contributed by atoms with E-state index in [1.165, 1.54) is 16.7 Å². The van der Waals surface area contributed by atoms with E-state index in [1.54, 1.807) is 0 Å². The van der Waals surface area contributed by atoms with Gasteiger partial charge in [0.25, 0.3) is 0 Å². The van der Waals surface area contributed by atoms with Crippen molar-refractivity contribution >= 4 is 0 Å². The Hall–Kier alpha value is -1.60. The minimum atomic E-state index is -0.319. The first-order valence-corrected chi connectivity index (χ1v) is 6.92. The molecular formula is C18H23N. The van der Waals surface area contributed by atoms with Crippen LogP contribution < -0.4 is 5.73 Å². The van der Waals surface area contributed by atoms with Gasteiger partial charge in [-0.05, 0) is 36.0 Å². The zero-order chi connectivity index (χ0) is 13.9. The highest BCUT2D eigenvalue weighted by atomic mass is 14.7. The van der Waals surface area contributed by atoms with Crippen molar-refractivity contribution in [1.82, 2.24) is 0 Å². The molecule has 0 aromatic heterocycles. The first kappa shape index (κ1) is 13.8. The van der Waals surface area contributed by atoms with Crippen molar-refractivity contribution in [2.24, 2.45) is 5.73 Å². The Kier molecular flexibility index (Phi) is 4.06. The van der Waals surface area contributed by atoms with Crippen LogP contribution in [0.2, 0.25) is 0 Å². The van der Waals surface area contributed by atoms with Crippen LogP contribution in [0.3, 0.4) is 0 Å². The topological polar surface area (TPSA) is 26.0 Å². The molecule has 0 bridgehead atoms. The quantitative estimate of drug-likeness (QED) is 0.867. The minimum Gasteiger partial charge on any atom is -0.321 e. The molecule has 0 heterocycles. The molecule has 0 fully saturated rings. The molecule has 0 saturated heterocycles. The first-order chi connectivity index (χ1) is 8.99. The molecule has 0 aliphatic carbocycles. The Morgan fingerprint density at radius 1 is 0.947 bits per heavy atom. The van der Waals surface area contributed by atoms with E-state index in [0.29, 0.717) is 5.92 Å². The van der Waals surface area contributed by atoms with Gasteiger partial charge in [0.15, 0.2) is 0 Å².